The highest BCUT2D eigenvalue weighted by Gasteiger charge is 2.31. The summed E-state index contributed by atoms with van der Waals surface area (Å²) in [5.41, 5.74) is 2.17. The van der Waals surface area contributed by atoms with Gasteiger partial charge in [-0.05, 0) is 47.9 Å². The summed E-state index contributed by atoms with van der Waals surface area (Å²) in [7, 11) is 1.67. The Labute approximate surface area is 156 Å². The summed E-state index contributed by atoms with van der Waals surface area (Å²) >= 11 is 7.54. The van der Waals surface area contributed by atoms with Crippen molar-refractivity contribution in [3.63, 3.8) is 0 Å². The van der Waals surface area contributed by atoms with Crippen LogP contribution in [-0.2, 0) is 6.54 Å². The maximum Gasteiger partial charge on any atom is 0.174 e. The predicted molar refractivity (Wildman–Crippen MR) is 107 cm³/mol. The zero-order valence-electron chi connectivity index (χ0n) is 13.9. The van der Waals surface area contributed by atoms with Crippen molar-refractivity contribution < 1.29 is 4.74 Å². The SMILES string of the molecule is COc1ccccc1NC(=S)N1CCn2cccc2C1c1cccs1. The van der Waals surface area contributed by atoms with E-state index in [-0.39, 0.29) is 6.04 Å². The first kappa shape index (κ1) is 16.2. The van der Waals surface area contributed by atoms with Crippen LogP contribution in [0.4, 0.5) is 5.69 Å². The normalized spacial score (nSPS) is 16.4. The van der Waals surface area contributed by atoms with E-state index in [9.17, 15) is 0 Å². The average molecular weight is 370 g/mol. The fraction of sp³-hybridized carbons (Fsp3) is 0.211. The molecule has 4 nitrogen and oxygen atoms in total. The molecule has 6 heteroatoms. The van der Waals surface area contributed by atoms with Crippen LogP contribution in [0, 0.1) is 0 Å². The van der Waals surface area contributed by atoms with Crippen LogP contribution in [0.3, 0.4) is 0 Å². The number of ether oxygens (including phenoxy) is 1. The summed E-state index contributed by atoms with van der Waals surface area (Å²) in [6, 6.07) is 16.5. The Morgan fingerprint density at radius 3 is 2.84 bits per heavy atom. The van der Waals surface area contributed by atoms with Crippen molar-refractivity contribution in [1.82, 2.24) is 9.47 Å². The topological polar surface area (TPSA) is 29.4 Å². The van der Waals surface area contributed by atoms with Gasteiger partial charge in [0.1, 0.15) is 11.8 Å². The number of rotatable bonds is 3. The molecule has 1 aliphatic rings. The van der Waals surface area contributed by atoms with Crippen LogP contribution in [0.15, 0.2) is 60.1 Å². The zero-order valence-corrected chi connectivity index (χ0v) is 15.5. The van der Waals surface area contributed by atoms with Gasteiger partial charge in [-0.15, -0.1) is 11.3 Å². The number of aromatic nitrogens is 1. The van der Waals surface area contributed by atoms with Crippen molar-refractivity contribution in [1.29, 1.82) is 0 Å². The van der Waals surface area contributed by atoms with E-state index in [1.165, 1.54) is 10.6 Å². The molecular weight excluding hydrogens is 350 g/mol. The van der Waals surface area contributed by atoms with Gasteiger partial charge in [0.25, 0.3) is 0 Å². The van der Waals surface area contributed by atoms with E-state index in [4.69, 9.17) is 17.0 Å². The first-order chi connectivity index (χ1) is 12.3. The lowest BCUT2D eigenvalue weighted by molar-refractivity contribution is 0.296. The largest absolute Gasteiger partial charge is 0.495 e. The quantitative estimate of drug-likeness (QED) is 0.695. The zero-order chi connectivity index (χ0) is 17.2. The summed E-state index contributed by atoms with van der Waals surface area (Å²) in [4.78, 5) is 3.56. The number of nitrogens with zero attached hydrogens (tertiary/aromatic N) is 2. The highest BCUT2D eigenvalue weighted by Crippen LogP contribution is 2.35. The Bertz CT molecular complexity index is 872. The fourth-order valence-electron chi connectivity index (χ4n) is 3.28. The summed E-state index contributed by atoms with van der Waals surface area (Å²) in [6.45, 7) is 1.79. The molecule has 1 atom stereocenters. The van der Waals surface area contributed by atoms with E-state index in [0.717, 1.165) is 29.6 Å². The first-order valence-corrected chi connectivity index (χ1v) is 9.46. The van der Waals surface area contributed by atoms with Gasteiger partial charge in [0.15, 0.2) is 5.11 Å². The molecule has 0 aliphatic carbocycles. The molecule has 1 N–H and O–H groups in total. The molecule has 1 aliphatic heterocycles. The van der Waals surface area contributed by atoms with E-state index >= 15 is 0 Å². The molecule has 2 aromatic heterocycles. The number of hydrogen-bond acceptors (Lipinski definition) is 3. The van der Waals surface area contributed by atoms with E-state index in [2.05, 4.69) is 50.6 Å². The molecule has 3 heterocycles. The number of thiocarbonyl (C=S) groups is 1. The standard InChI is InChI=1S/C19H19N3OS2/c1-23-16-8-3-2-6-14(16)20-19(24)22-12-11-21-10-4-7-15(21)18(22)17-9-5-13-25-17/h2-10,13,18H,11-12H2,1H3,(H,20,24). The fourth-order valence-corrected chi connectivity index (χ4v) is 4.44. The Kier molecular flexibility index (Phi) is 4.46. The summed E-state index contributed by atoms with van der Waals surface area (Å²) < 4.78 is 7.75. The van der Waals surface area contributed by atoms with Crippen molar-refractivity contribution in [3.8, 4) is 5.75 Å². The molecule has 1 unspecified atom stereocenters. The number of benzene rings is 1. The molecular formula is C19H19N3OS2. The molecule has 3 aromatic rings. The van der Waals surface area contributed by atoms with Gasteiger partial charge >= 0.3 is 0 Å². The Morgan fingerprint density at radius 2 is 2.04 bits per heavy atom. The second kappa shape index (κ2) is 6.90. The smallest absolute Gasteiger partial charge is 0.174 e. The number of thiophene rings is 1. The molecule has 0 amide bonds. The van der Waals surface area contributed by atoms with Crippen molar-refractivity contribution in [3.05, 3.63) is 70.7 Å². The monoisotopic (exact) mass is 369 g/mol. The molecule has 0 fully saturated rings. The van der Waals surface area contributed by atoms with E-state index in [0.29, 0.717) is 0 Å². The van der Waals surface area contributed by atoms with Gasteiger partial charge in [0.05, 0.1) is 12.8 Å². The third-order valence-corrected chi connectivity index (χ3v) is 5.72. The number of anilines is 1. The third-order valence-electron chi connectivity index (χ3n) is 4.46. The Balaban J connectivity index is 1.65. The van der Waals surface area contributed by atoms with Gasteiger partial charge in [0.2, 0.25) is 0 Å². The van der Waals surface area contributed by atoms with Crippen molar-refractivity contribution in [2.45, 2.75) is 12.6 Å². The lowest BCUT2D eigenvalue weighted by atomic mass is 10.1. The van der Waals surface area contributed by atoms with Crippen LogP contribution in [-0.4, -0.2) is 28.2 Å². The van der Waals surface area contributed by atoms with Crippen LogP contribution >= 0.6 is 23.6 Å². The minimum atomic E-state index is 0.137. The van der Waals surface area contributed by atoms with Crippen LogP contribution in [0.2, 0.25) is 0 Å². The summed E-state index contributed by atoms with van der Waals surface area (Å²) in [6.07, 6.45) is 2.14. The number of nitrogens with one attached hydrogen (secondary N) is 1. The van der Waals surface area contributed by atoms with Crippen LogP contribution < -0.4 is 10.1 Å². The maximum atomic E-state index is 5.77. The number of methoxy groups -OCH3 is 1. The maximum absolute atomic E-state index is 5.77. The molecule has 1 aromatic carbocycles. The van der Waals surface area contributed by atoms with Crippen molar-refractivity contribution >= 4 is 34.4 Å². The predicted octanol–water partition coefficient (Wildman–Crippen LogP) is 4.36. The second-order valence-electron chi connectivity index (χ2n) is 5.87. The van der Waals surface area contributed by atoms with Crippen molar-refractivity contribution in [2.75, 3.05) is 19.0 Å². The Morgan fingerprint density at radius 1 is 1.16 bits per heavy atom. The molecule has 128 valence electrons. The molecule has 0 radical (unpaired) electrons. The van der Waals surface area contributed by atoms with E-state index in [1.54, 1.807) is 18.4 Å². The van der Waals surface area contributed by atoms with Crippen LogP contribution in [0.25, 0.3) is 0 Å². The van der Waals surface area contributed by atoms with Gasteiger partial charge in [0, 0.05) is 29.9 Å². The number of hydrogen-bond donors (Lipinski definition) is 1. The van der Waals surface area contributed by atoms with Crippen molar-refractivity contribution in [2.24, 2.45) is 0 Å². The lowest BCUT2D eigenvalue weighted by Gasteiger charge is -2.38. The van der Waals surface area contributed by atoms with E-state index in [1.807, 2.05) is 24.3 Å². The number of para-hydroxylation sites is 2. The lowest BCUT2D eigenvalue weighted by Crippen LogP contribution is -2.44. The molecule has 0 bridgehead atoms. The van der Waals surface area contributed by atoms with E-state index < -0.39 is 0 Å². The highest BCUT2D eigenvalue weighted by atomic mass is 32.1. The van der Waals surface area contributed by atoms with Gasteiger partial charge in [-0.2, -0.15) is 0 Å². The first-order valence-electron chi connectivity index (χ1n) is 8.17. The minimum Gasteiger partial charge on any atom is -0.495 e. The van der Waals surface area contributed by atoms with Gasteiger partial charge < -0.3 is 19.5 Å². The van der Waals surface area contributed by atoms with Gasteiger partial charge in [-0.1, -0.05) is 18.2 Å². The highest BCUT2D eigenvalue weighted by molar-refractivity contribution is 7.80. The van der Waals surface area contributed by atoms with Gasteiger partial charge in [-0.3, -0.25) is 0 Å². The minimum absolute atomic E-state index is 0.137. The van der Waals surface area contributed by atoms with Crippen LogP contribution in [0.5, 0.6) is 5.75 Å². The average Bonchev–Trinajstić information content (AvgIpc) is 3.32. The molecule has 0 saturated heterocycles. The number of fused-ring (bicyclic) bond motifs is 1. The third kappa shape index (κ3) is 3.03. The van der Waals surface area contributed by atoms with Gasteiger partial charge in [-0.25, -0.2) is 0 Å². The molecule has 25 heavy (non-hydrogen) atoms. The second-order valence-corrected chi connectivity index (χ2v) is 7.23. The Hall–Kier alpha value is -2.31. The molecule has 4 rings (SSSR count). The summed E-state index contributed by atoms with van der Waals surface area (Å²) in [5.74, 6) is 0.790. The molecule has 0 saturated carbocycles. The molecule has 0 spiro atoms. The van der Waals surface area contributed by atoms with Crippen LogP contribution in [0.1, 0.15) is 16.6 Å². The summed E-state index contributed by atoms with van der Waals surface area (Å²) in [5, 5.41) is 6.21.